The van der Waals surface area contributed by atoms with Crippen molar-refractivity contribution in [1.82, 2.24) is 15.5 Å². The molecule has 0 aromatic heterocycles. The molecule has 1 heterocycles. The predicted molar refractivity (Wildman–Crippen MR) is 77.6 cm³/mol. The summed E-state index contributed by atoms with van der Waals surface area (Å²) in [5.74, 6) is -1.21. The van der Waals surface area contributed by atoms with E-state index in [1.165, 1.54) is 0 Å². The van der Waals surface area contributed by atoms with Crippen LogP contribution in [0.3, 0.4) is 0 Å². The van der Waals surface area contributed by atoms with E-state index in [4.69, 9.17) is 0 Å². The summed E-state index contributed by atoms with van der Waals surface area (Å²) in [7, 11) is 0. The van der Waals surface area contributed by atoms with Crippen LogP contribution in [-0.2, 0) is 9.59 Å². The molecule has 0 bridgehead atoms. The first-order valence-corrected chi connectivity index (χ1v) is 7.26. The van der Waals surface area contributed by atoms with Crippen molar-refractivity contribution in [2.75, 3.05) is 26.2 Å². The fraction of sp³-hybridized carbons (Fsp3) is 0.857. The highest BCUT2D eigenvalue weighted by Gasteiger charge is 2.41. The second kappa shape index (κ2) is 6.54. The zero-order chi connectivity index (χ0) is 15.4. The Kier molecular flexibility index (Phi) is 5.53. The number of hydrogen-bond donors (Lipinski definition) is 3. The average molecular weight is 285 g/mol. The number of nitrogens with one attached hydrogen (secondary N) is 2. The summed E-state index contributed by atoms with van der Waals surface area (Å²) in [6, 6.07) is 0. The van der Waals surface area contributed by atoms with Crippen LogP contribution in [0.2, 0.25) is 0 Å². The minimum atomic E-state index is -1.20. The van der Waals surface area contributed by atoms with E-state index < -0.39 is 17.0 Å². The Bertz CT molecular complexity index is 365. The van der Waals surface area contributed by atoms with Gasteiger partial charge in [-0.1, -0.05) is 13.3 Å². The zero-order valence-electron chi connectivity index (χ0n) is 13.0. The van der Waals surface area contributed by atoms with Gasteiger partial charge in [0.15, 0.2) is 0 Å². The molecule has 0 spiro atoms. The fourth-order valence-corrected chi connectivity index (χ4v) is 2.49. The van der Waals surface area contributed by atoms with Gasteiger partial charge >= 0.3 is 5.97 Å². The summed E-state index contributed by atoms with van der Waals surface area (Å²) < 4.78 is 0. The normalized spacial score (nSPS) is 20.2. The molecule has 1 atom stereocenters. The van der Waals surface area contributed by atoms with E-state index in [0.29, 0.717) is 12.8 Å². The number of nitrogens with zero attached hydrogens (tertiary/aromatic N) is 1. The molecular weight excluding hydrogens is 258 g/mol. The maximum atomic E-state index is 12.5. The van der Waals surface area contributed by atoms with Crippen LogP contribution in [0.1, 0.15) is 40.5 Å². The largest absolute Gasteiger partial charge is 0.480 e. The van der Waals surface area contributed by atoms with E-state index in [1.54, 1.807) is 6.92 Å². The molecule has 6 nitrogen and oxygen atoms in total. The van der Waals surface area contributed by atoms with Gasteiger partial charge in [-0.2, -0.15) is 0 Å². The van der Waals surface area contributed by atoms with E-state index >= 15 is 0 Å². The lowest BCUT2D eigenvalue weighted by Crippen LogP contribution is -2.64. The second-order valence-electron chi connectivity index (χ2n) is 6.14. The van der Waals surface area contributed by atoms with Gasteiger partial charge in [0, 0.05) is 26.2 Å². The van der Waals surface area contributed by atoms with Crippen LogP contribution in [0.4, 0.5) is 0 Å². The van der Waals surface area contributed by atoms with Crippen molar-refractivity contribution in [1.29, 1.82) is 0 Å². The van der Waals surface area contributed by atoms with Gasteiger partial charge in [0.25, 0.3) is 0 Å². The number of amides is 1. The van der Waals surface area contributed by atoms with Crippen LogP contribution in [0.25, 0.3) is 0 Å². The molecule has 20 heavy (non-hydrogen) atoms. The van der Waals surface area contributed by atoms with Crippen molar-refractivity contribution in [3.05, 3.63) is 0 Å². The van der Waals surface area contributed by atoms with Crippen molar-refractivity contribution in [2.24, 2.45) is 0 Å². The highest BCUT2D eigenvalue weighted by atomic mass is 16.4. The number of carbonyl (C=O) groups excluding carboxylic acids is 1. The molecule has 0 radical (unpaired) electrons. The Balaban J connectivity index is 2.79. The maximum absolute atomic E-state index is 12.5. The monoisotopic (exact) mass is 285 g/mol. The summed E-state index contributed by atoms with van der Waals surface area (Å²) >= 11 is 0. The molecule has 1 saturated heterocycles. The second-order valence-corrected chi connectivity index (χ2v) is 6.14. The maximum Gasteiger partial charge on any atom is 0.329 e. The van der Waals surface area contributed by atoms with E-state index in [2.05, 4.69) is 15.5 Å². The molecular formula is C14H27N3O3. The van der Waals surface area contributed by atoms with Crippen LogP contribution in [-0.4, -0.2) is 59.1 Å². The van der Waals surface area contributed by atoms with Crippen LogP contribution >= 0.6 is 0 Å². The molecule has 0 aliphatic carbocycles. The van der Waals surface area contributed by atoms with E-state index in [0.717, 1.165) is 26.2 Å². The molecule has 1 rings (SSSR count). The number of hydrogen-bond acceptors (Lipinski definition) is 4. The van der Waals surface area contributed by atoms with Crippen LogP contribution in [0.5, 0.6) is 0 Å². The third kappa shape index (κ3) is 3.70. The van der Waals surface area contributed by atoms with Gasteiger partial charge in [-0.3, -0.25) is 9.69 Å². The third-order valence-electron chi connectivity index (χ3n) is 4.07. The van der Waals surface area contributed by atoms with Gasteiger partial charge in [-0.05, 0) is 27.2 Å². The zero-order valence-corrected chi connectivity index (χ0v) is 13.0. The molecule has 0 saturated carbocycles. The molecule has 116 valence electrons. The highest BCUT2D eigenvalue weighted by molar-refractivity contribution is 5.91. The van der Waals surface area contributed by atoms with Crippen LogP contribution in [0.15, 0.2) is 0 Å². The first-order chi connectivity index (χ1) is 9.24. The summed E-state index contributed by atoms with van der Waals surface area (Å²) in [5, 5.41) is 15.3. The lowest BCUT2D eigenvalue weighted by atomic mass is 9.93. The first kappa shape index (κ1) is 16.9. The van der Waals surface area contributed by atoms with Gasteiger partial charge in [-0.15, -0.1) is 0 Å². The van der Waals surface area contributed by atoms with Crippen LogP contribution < -0.4 is 10.6 Å². The molecule has 1 amide bonds. The molecule has 3 N–H and O–H groups in total. The smallest absolute Gasteiger partial charge is 0.329 e. The number of carboxylic acids is 1. The van der Waals surface area contributed by atoms with Gasteiger partial charge in [0.05, 0.1) is 5.54 Å². The first-order valence-electron chi connectivity index (χ1n) is 7.26. The molecule has 0 aromatic carbocycles. The number of carboxylic acid groups (broad SMARTS) is 1. The summed E-state index contributed by atoms with van der Waals surface area (Å²) in [4.78, 5) is 26.0. The van der Waals surface area contributed by atoms with Crippen molar-refractivity contribution in [3.8, 4) is 0 Å². The summed E-state index contributed by atoms with van der Waals surface area (Å²) in [6.45, 7) is 10.5. The van der Waals surface area contributed by atoms with Crippen LogP contribution in [0, 0.1) is 0 Å². The van der Waals surface area contributed by atoms with Gasteiger partial charge in [0.1, 0.15) is 5.54 Å². The Morgan fingerprint density at radius 1 is 1.25 bits per heavy atom. The van der Waals surface area contributed by atoms with E-state index in [1.807, 2.05) is 20.8 Å². The van der Waals surface area contributed by atoms with Crippen molar-refractivity contribution in [3.63, 3.8) is 0 Å². The van der Waals surface area contributed by atoms with Gasteiger partial charge in [-0.25, -0.2) is 4.79 Å². The molecule has 1 fully saturated rings. The summed E-state index contributed by atoms with van der Waals surface area (Å²) in [5.41, 5.74) is -1.90. The minimum Gasteiger partial charge on any atom is -0.480 e. The van der Waals surface area contributed by atoms with E-state index in [9.17, 15) is 14.7 Å². The Labute approximate surface area is 120 Å². The quantitative estimate of drug-likeness (QED) is 0.659. The van der Waals surface area contributed by atoms with Crippen molar-refractivity contribution in [2.45, 2.75) is 51.6 Å². The number of carbonyl (C=O) groups is 2. The molecule has 1 aliphatic heterocycles. The SMILES string of the molecule is CCCC(C)(NC(=O)C(C)(C)N1CCNCC1)C(=O)O. The summed E-state index contributed by atoms with van der Waals surface area (Å²) in [6.07, 6.45) is 1.13. The fourth-order valence-electron chi connectivity index (χ4n) is 2.49. The lowest BCUT2D eigenvalue weighted by molar-refractivity contribution is -0.149. The molecule has 1 aliphatic rings. The topological polar surface area (TPSA) is 81.7 Å². The van der Waals surface area contributed by atoms with Crippen molar-refractivity contribution >= 4 is 11.9 Å². The molecule has 1 unspecified atom stereocenters. The lowest BCUT2D eigenvalue weighted by Gasteiger charge is -2.41. The Hall–Kier alpha value is -1.14. The predicted octanol–water partition coefficient (Wildman–Crippen LogP) is 0.430. The van der Waals surface area contributed by atoms with E-state index in [-0.39, 0.29) is 5.91 Å². The Morgan fingerprint density at radius 3 is 2.25 bits per heavy atom. The number of piperazine rings is 1. The minimum absolute atomic E-state index is 0.224. The third-order valence-corrected chi connectivity index (χ3v) is 4.07. The number of aliphatic carboxylic acids is 1. The molecule has 6 heteroatoms. The number of rotatable bonds is 6. The van der Waals surface area contributed by atoms with Gasteiger partial charge < -0.3 is 15.7 Å². The van der Waals surface area contributed by atoms with Gasteiger partial charge in [0.2, 0.25) is 5.91 Å². The average Bonchev–Trinajstić information content (AvgIpc) is 2.39. The standard InChI is InChI=1S/C14H27N3O3/c1-5-6-14(4,12(19)20)16-11(18)13(2,3)17-9-7-15-8-10-17/h15H,5-10H2,1-4H3,(H,16,18)(H,19,20). The highest BCUT2D eigenvalue weighted by Crippen LogP contribution is 2.19. The van der Waals surface area contributed by atoms with Crippen molar-refractivity contribution < 1.29 is 14.7 Å². The molecule has 0 aromatic rings. The Morgan fingerprint density at radius 2 is 1.80 bits per heavy atom.